The van der Waals surface area contributed by atoms with E-state index in [2.05, 4.69) is 30.7 Å². The van der Waals surface area contributed by atoms with Gasteiger partial charge in [0, 0.05) is 56.8 Å². The SMILES string of the molecule is O=C(c1ccccc1N1CCCC1)N1C[C@H]2CC[C@@H]1CN(c1ncccn1)C2. The molecule has 2 aromatic rings. The van der Waals surface area contributed by atoms with Crippen LogP contribution in [0.3, 0.4) is 0 Å². The van der Waals surface area contributed by atoms with E-state index >= 15 is 0 Å². The molecule has 6 heteroatoms. The molecule has 146 valence electrons. The summed E-state index contributed by atoms with van der Waals surface area (Å²) in [7, 11) is 0. The lowest BCUT2D eigenvalue weighted by Crippen LogP contribution is -2.47. The van der Waals surface area contributed by atoms with Gasteiger partial charge in [-0.15, -0.1) is 0 Å². The van der Waals surface area contributed by atoms with Crippen molar-refractivity contribution < 1.29 is 4.79 Å². The largest absolute Gasteiger partial charge is 0.371 e. The number of fused-ring (bicyclic) bond motifs is 4. The molecule has 6 rings (SSSR count). The number of hydrogen-bond acceptors (Lipinski definition) is 5. The second kappa shape index (κ2) is 7.41. The standard InChI is InChI=1S/C22H27N5O/c28-21(19-6-1-2-7-20(19)25-12-3-4-13-25)27-15-17-8-9-18(27)16-26(14-17)22-23-10-5-11-24-22/h1-2,5-7,10-11,17-18H,3-4,8-9,12-16H2/t17-,18+/m0/s1. The van der Waals surface area contributed by atoms with Crippen LogP contribution in [0.15, 0.2) is 42.7 Å². The summed E-state index contributed by atoms with van der Waals surface area (Å²) in [6.45, 7) is 4.68. The molecule has 28 heavy (non-hydrogen) atoms. The molecule has 1 amide bonds. The number of hydrogen-bond donors (Lipinski definition) is 0. The maximum Gasteiger partial charge on any atom is 0.256 e. The minimum Gasteiger partial charge on any atom is -0.371 e. The summed E-state index contributed by atoms with van der Waals surface area (Å²) in [5.41, 5.74) is 1.97. The Bertz CT molecular complexity index is 836. The van der Waals surface area contributed by atoms with Gasteiger partial charge in [0.15, 0.2) is 0 Å². The lowest BCUT2D eigenvalue weighted by molar-refractivity contribution is 0.0592. The van der Waals surface area contributed by atoms with Crippen LogP contribution in [0.5, 0.6) is 0 Å². The zero-order chi connectivity index (χ0) is 18.9. The highest BCUT2D eigenvalue weighted by Crippen LogP contribution is 2.33. The second-order valence-corrected chi connectivity index (χ2v) is 8.22. The topological polar surface area (TPSA) is 52.6 Å². The summed E-state index contributed by atoms with van der Waals surface area (Å²) < 4.78 is 0. The highest BCUT2D eigenvalue weighted by molar-refractivity contribution is 6.00. The van der Waals surface area contributed by atoms with Crippen molar-refractivity contribution >= 4 is 17.5 Å². The molecule has 4 fully saturated rings. The lowest BCUT2D eigenvalue weighted by atomic mass is 9.94. The first-order chi connectivity index (χ1) is 13.8. The number of carbonyl (C=O) groups excluding carboxylic acids is 1. The maximum atomic E-state index is 13.6. The van der Waals surface area contributed by atoms with Crippen LogP contribution in [0.25, 0.3) is 0 Å². The fourth-order valence-corrected chi connectivity index (χ4v) is 4.99. The fraction of sp³-hybridized carbons (Fsp3) is 0.500. The molecule has 4 saturated heterocycles. The third kappa shape index (κ3) is 3.21. The van der Waals surface area contributed by atoms with Gasteiger partial charge >= 0.3 is 0 Å². The Kier molecular flexibility index (Phi) is 4.63. The summed E-state index contributed by atoms with van der Waals surface area (Å²) in [6, 6.07) is 10.2. The molecule has 6 nitrogen and oxygen atoms in total. The molecule has 0 spiro atoms. The molecule has 0 aliphatic carbocycles. The molecule has 0 saturated carbocycles. The van der Waals surface area contributed by atoms with Gasteiger partial charge in [0.25, 0.3) is 5.91 Å². The number of amides is 1. The van der Waals surface area contributed by atoms with E-state index in [4.69, 9.17) is 0 Å². The van der Waals surface area contributed by atoms with Crippen LogP contribution in [0.2, 0.25) is 0 Å². The summed E-state index contributed by atoms with van der Waals surface area (Å²) in [5.74, 6) is 1.45. The zero-order valence-corrected chi connectivity index (χ0v) is 16.2. The number of rotatable bonds is 3. The normalized spacial score (nSPS) is 24.5. The van der Waals surface area contributed by atoms with Crippen molar-refractivity contribution in [2.24, 2.45) is 5.92 Å². The molecule has 0 N–H and O–H groups in total. The van der Waals surface area contributed by atoms with Crippen LogP contribution in [-0.4, -0.2) is 59.5 Å². The van der Waals surface area contributed by atoms with E-state index in [0.717, 1.165) is 56.3 Å². The van der Waals surface area contributed by atoms with Gasteiger partial charge in [-0.1, -0.05) is 12.1 Å². The Hall–Kier alpha value is -2.63. The molecule has 0 radical (unpaired) electrons. The number of para-hydroxylation sites is 1. The van der Waals surface area contributed by atoms with Gasteiger partial charge in [0.1, 0.15) is 0 Å². The van der Waals surface area contributed by atoms with Crippen LogP contribution < -0.4 is 9.80 Å². The highest BCUT2D eigenvalue weighted by atomic mass is 16.2. The molecule has 0 unspecified atom stereocenters. The Labute approximate surface area is 166 Å². The number of nitrogens with zero attached hydrogens (tertiary/aromatic N) is 5. The number of carbonyl (C=O) groups is 1. The van der Waals surface area contributed by atoms with Crippen LogP contribution in [0.1, 0.15) is 36.0 Å². The molecule has 1 aromatic heterocycles. The van der Waals surface area contributed by atoms with Crippen molar-refractivity contribution in [2.75, 3.05) is 42.5 Å². The third-order valence-electron chi connectivity index (χ3n) is 6.39. The Morgan fingerprint density at radius 1 is 0.893 bits per heavy atom. The van der Waals surface area contributed by atoms with E-state index in [1.54, 1.807) is 12.4 Å². The summed E-state index contributed by atoms with van der Waals surface area (Å²) in [5, 5.41) is 0. The average Bonchev–Trinajstić information content (AvgIpc) is 3.13. The van der Waals surface area contributed by atoms with E-state index in [0.29, 0.717) is 5.92 Å². The summed E-state index contributed by atoms with van der Waals surface area (Å²) >= 11 is 0. The Morgan fingerprint density at radius 3 is 2.50 bits per heavy atom. The van der Waals surface area contributed by atoms with Gasteiger partial charge in [0.2, 0.25) is 5.95 Å². The third-order valence-corrected chi connectivity index (χ3v) is 6.39. The molecule has 4 aliphatic heterocycles. The first-order valence-corrected chi connectivity index (χ1v) is 10.5. The average molecular weight is 377 g/mol. The van der Waals surface area contributed by atoms with Crippen molar-refractivity contribution in [3.05, 3.63) is 48.3 Å². The first-order valence-electron chi connectivity index (χ1n) is 10.5. The Balaban J connectivity index is 1.41. The first kappa shape index (κ1) is 17.5. The van der Waals surface area contributed by atoms with E-state index in [-0.39, 0.29) is 11.9 Å². The predicted octanol–water partition coefficient (Wildman–Crippen LogP) is 2.82. The van der Waals surface area contributed by atoms with Crippen molar-refractivity contribution in [1.82, 2.24) is 14.9 Å². The fourth-order valence-electron chi connectivity index (χ4n) is 4.99. The second-order valence-electron chi connectivity index (χ2n) is 8.22. The molecule has 2 atom stereocenters. The molecular weight excluding hydrogens is 350 g/mol. The molecule has 5 heterocycles. The summed E-state index contributed by atoms with van der Waals surface area (Å²) in [4.78, 5) is 29.3. The van der Waals surface area contributed by atoms with Crippen LogP contribution in [0, 0.1) is 5.92 Å². The summed E-state index contributed by atoms with van der Waals surface area (Å²) in [6.07, 6.45) is 8.25. The molecule has 1 aromatic carbocycles. The lowest BCUT2D eigenvalue weighted by Gasteiger charge is -2.37. The van der Waals surface area contributed by atoms with Gasteiger partial charge in [-0.25, -0.2) is 9.97 Å². The van der Waals surface area contributed by atoms with Gasteiger partial charge in [-0.2, -0.15) is 0 Å². The quantitative estimate of drug-likeness (QED) is 0.823. The van der Waals surface area contributed by atoms with Crippen molar-refractivity contribution in [1.29, 1.82) is 0 Å². The van der Waals surface area contributed by atoms with E-state index < -0.39 is 0 Å². The minimum atomic E-state index is 0.188. The van der Waals surface area contributed by atoms with Gasteiger partial charge < -0.3 is 14.7 Å². The monoisotopic (exact) mass is 377 g/mol. The Morgan fingerprint density at radius 2 is 1.68 bits per heavy atom. The smallest absolute Gasteiger partial charge is 0.256 e. The van der Waals surface area contributed by atoms with Gasteiger partial charge in [-0.3, -0.25) is 4.79 Å². The van der Waals surface area contributed by atoms with E-state index in [9.17, 15) is 4.79 Å². The number of aromatic nitrogens is 2. The van der Waals surface area contributed by atoms with Crippen molar-refractivity contribution in [2.45, 2.75) is 31.7 Å². The van der Waals surface area contributed by atoms with Gasteiger partial charge in [0.05, 0.1) is 5.56 Å². The zero-order valence-electron chi connectivity index (χ0n) is 16.2. The number of benzene rings is 1. The van der Waals surface area contributed by atoms with Crippen LogP contribution in [0.4, 0.5) is 11.6 Å². The van der Waals surface area contributed by atoms with Gasteiger partial charge in [-0.05, 0) is 49.8 Å². The van der Waals surface area contributed by atoms with Crippen molar-refractivity contribution in [3.63, 3.8) is 0 Å². The van der Waals surface area contributed by atoms with E-state index in [1.165, 1.54) is 19.3 Å². The van der Waals surface area contributed by atoms with E-state index in [1.807, 2.05) is 24.3 Å². The predicted molar refractivity (Wildman–Crippen MR) is 110 cm³/mol. The highest BCUT2D eigenvalue weighted by Gasteiger charge is 2.39. The number of piperidine rings is 1. The van der Waals surface area contributed by atoms with Crippen LogP contribution in [-0.2, 0) is 0 Å². The maximum absolute atomic E-state index is 13.6. The van der Waals surface area contributed by atoms with Crippen molar-refractivity contribution in [3.8, 4) is 0 Å². The number of anilines is 2. The molecule has 2 bridgehead atoms. The minimum absolute atomic E-state index is 0.188. The molecular formula is C22H27N5O. The molecule has 4 aliphatic rings. The van der Waals surface area contributed by atoms with Crippen LogP contribution >= 0.6 is 0 Å².